The monoisotopic (exact) mass is 383 g/mol. The summed E-state index contributed by atoms with van der Waals surface area (Å²) < 4.78 is 0. The lowest BCUT2D eigenvalue weighted by atomic mass is 10.1. The molecule has 4 nitrogen and oxygen atoms in total. The molecule has 4 heteroatoms. The number of nitrogens with zero attached hydrogens (tertiary/aromatic N) is 2. The molecule has 3 aromatic carbocycles. The van der Waals surface area contributed by atoms with Crippen LogP contribution in [0.3, 0.4) is 0 Å². The van der Waals surface area contributed by atoms with Gasteiger partial charge >= 0.3 is 0 Å². The zero-order valence-corrected chi connectivity index (χ0v) is 17.0. The molecule has 0 unspecified atom stereocenters. The van der Waals surface area contributed by atoms with E-state index >= 15 is 0 Å². The summed E-state index contributed by atoms with van der Waals surface area (Å²) in [5.74, 6) is 0.678. The van der Waals surface area contributed by atoms with Gasteiger partial charge in [-0.25, -0.2) is 0 Å². The lowest BCUT2D eigenvalue weighted by Gasteiger charge is -2.24. The molecule has 0 bridgehead atoms. The normalized spacial score (nSPS) is 12.2. The number of carbonyl (C=O) groups is 1. The van der Waals surface area contributed by atoms with Gasteiger partial charge < -0.3 is 10.2 Å². The van der Waals surface area contributed by atoms with E-state index in [4.69, 9.17) is 0 Å². The number of rotatable bonds is 5. The largest absolute Gasteiger partial charge is 0.338 e. The van der Waals surface area contributed by atoms with Gasteiger partial charge in [-0.3, -0.25) is 9.79 Å². The van der Waals surface area contributed by atoms with E-state index in [2.05, 4.69) is 10.3 Å². The van der Waals surface area contributed by atoms with Crippen molar-refractivity contribution in [1.82, 2.24) is 10.2 Å². The summed E-state index contributed by atoms with van der Waals surface area (Å²) in [6.45, 7) is 1.94. The number of hydrogen-bond donors (Lipinski definition) is 1. The highest BCUT2D eigenvalue weighted by atomic mass is 16.2. The molecule has 0 atom stereocenters. The van der Waals surface area contributed by atoms with Gasteiger partial charge in [-0.05, 0) is 24.6 Å². The molecule has 0 aliphatic carbocycles. The Morgan fingerprint density at radius 2 is 1.21 bits per heavy atom. The predicted octanol–water partition coefficient (Wildman–Crippen LogP) is 4.81. The Kier molecular flexibility index (Phi) is 6.59. The fourth-order valence-electron chi connectivity index (χ4n) is 3.04. The van der Waals surface area contributed by atoms with Crippen LogP contribution in [0.15, 0.2) is 102 Å². The minimum absolute atomic E-state index is 0.0620. The lowest BCUT2D eigenvalue weighted by molar-refractivity contribution is 0.0837. The van der Waals surface area contributed by atoms with Gasteiger partial charge in [0.1, 0.15) is 5.84 Å². The number of amides is 1. The van der Waals surface area contributed by atoms with E-state index in [1.54, 1.807) is 19.0 Å². The van der Waals surface area contributed by atoms with E-state index in [9.17, 15) is 4.79 Å². The number of benzene rings is 3. The Bertz CT molecular complexity index is 1010. The molecular formula is C25H25N3O. The van der Waals surface area contributed by atoms with Crippen LogP contribution < -0.4 is 5.32 Å². The molecule has 3 aromatic rings. The first kappa shape index (κ1) is 20.1. The van der Waals surface area contributed by atoms with Crippen molar-refractivity contribution < 1.29 is 4.79 Å². The number of nitrogens with one attached hydrogen (secondary N) is 1. The highest BCUT2D eigenvalue weighted by Gasteiger charge is 2.18. The van der Waals surface area contributed by atoms with Crippen molar-refractivity contribution in [2.45, 2.75) is 6.92 Å². The van der Waals surface area contributed by atoms with Crippen molar-refractivity contribution in [3.8, 4) is 0 Å². The average molecular weight is 383 g/mol. The molecule has 29 heavy (non-hydrogen) atoms. The van der Waals surface area contributed by atoms with Crippen LogP contribution in [0.2, 0.25) is 0 Å². The van der Waals surface area contributed by atoms with Crippen LogP contribution in [0, 0.1) is 0 Å². The van der Waals surface area contributed by atoms with E-state index in [0.717, 1.165) is 28.4 Å². The summed E-state index contributed by atoms with van der Waals surface area (Å²) in [7, 11) is 3.55. The topological polar surface area (TPSA) is 44.7 Å². The summed E-state index contributed by atoms with van der Waals surface area (Å²) in [4.78, 5) is 19.1. The molecule has 0 fully saturated rings. The summed E-state index contributed by atoms with van der Waals surface area (Å²) >= 11 is 0. The second-order valence-electron chi connectivity index (χ2n) is 6.62. The van der Waals surface area contributed by atoms with Crippen molar-refractivity contribution in [2.24, 2.45) is 4.99 Å². The summed E-state index contributed by atoms with van der Waals surface area (Å²) in [6, 6.07) is 29.2. The summed E-state index contributed by atoms with van der Waals surface area (Å²) in [5, 5.41) is 3.46. The maximum Gasteiger partial charge on any atom is 0.257 e. The average Bonchev–Trinajstić information content (AvgIpc) is 2.80. The van der Waals surface area contributed by atoms with Crippen molar-refractivity contribution in [2.75, 3.05) is 14.1 Å². The van der Waals surface area contributed by atoms with Crippen molar-refractivity contribution in [1.29, 1.82) is 0 Å². The maximum atomic E-state index is 13.0. The number of hydrogen-bond acceptors (Lipinski definition) is 2. The SMILES string of the molecule is CN=C(N/C(=C(/C)N(C)C(=O)c1ccccc1)c1ccccc1)c1ccccc1. The third-order valence-corrected chi connectivity index (χ3v) is 4.77. The van der Waals surface area contributed by atoms with Gasteiger partial charge in [-0.1, -0.05) is 78.9 Å². The Morgan fingerprint density at radius 1 is 0.759 bits per heavy atom. The van der Waals surface area contributed by atoms with Crippen LogP contribution >= 0.6 is 0 Å². The Hall–Kier alpha value is -3.66. The molecule has 0 aliphatic heterocycles. The molecule has 3 rings (SSSR count). The van der Waals surface area contributed by atoms with Crippen molar-refractivity contribution in [3.05, 3.63) is 113 Å². The van der Waals surface area contributed by atoms with E-state index in [1.807, 2.05) is 97.9 Å². The minimum Gasteiger partial charge on any atom is -0.338 e. The van der Waals surface area contributed by atoms with Crippen LogP contribution in [0.1, 0.15) is 28.4 Å². The van der Waals surface area contributed by atoms with Crippen molar-refractivity contribution in [3.63, 3.8) is 0 Å². The molecule has 0 radical (unpaired) electrons. The standard InChI is InChI=1S/C25H25N3O/c1-19(28(3)25(29)22-17-11-6-12-18-22)23(20-13-7-4-8-14-20)27-24(26-2)21-15-9-5-10-16-21/h4-18H,1-3H3,(H,26,27)/b23-19-. The van der Waals surface area contributed by atoms with Crippen LogP contribution in [0.5, 0.6) is 0 Å². The van der Waals surface area contributed by atoms with Gasteiger partial charge in [0.15, 0.2) is 0 Å². The third kappa shape index (κ3) is 4.79. The van der Waals surface area contributed by atoms with Gasteiger partial charge in [-0.2, -0.15) is 0 Å². The highest BCUT2D eigenvalue weighted by Crippen LogP contribution is 2.20. The Morgan fingerprint density at radius 3 is 1.69 bits per heavy atom. The van der Waals surface area contributed by atoms with E-state index in [1.165, 1.54) is 0 Å². The Balaban J connectivity index is 2.02. The summed E-state index contributed by atoms with van der Waals surface area (Å²) in [5.41, 5.74) is 4.25. The number of amidine groups is 1. The molecule has 0 saturated heterocycles. The third-order valence-electron chi connectivity index (χ3n) is 4.77. The second kappa shape index (κ2) is 9.51. The molecule has 0 heterocycles. The van der Waals surface area contributed by atoms with Gasteiger partial charge in [0.2, 0.25) is 0 Å². The van der Waals surface area contributed by atoms with Crippen LogP contribution in [-0.4, -0.2) is 30.7 Å². The molecule has 1 N–H and O–H groups in total. The van der Waals surface area contributed by atoms with Crippen molar-refractivity contribution >= 4 is 17.4 Å². The molecule has 0 aliphatic rings. The van der Waals surface area contributed by atoms with Gasteiger partial charge in [0.25, 0.3) is 5.91 Å². The van der Waals surface area contributed by atoms with E-state index in [0.29, 0.717) is 5.56 Å². The first-order valence-electron chi connectivity index (χ1n) is 9.50. The zero-order valence-electron chi connectivity index (χ0n) is 17.0. The maximum absolute atomic E-state index is 13.0. The molecule has 0 spiro atoms. The fourth-order valence-corrected chi connectivity index (χ4v) is 3.04. The first-order chi connectivity index (χ1) is 14.1. The van der Waals surface area contributed by atoms with Gasteiger partial charge in [0.05, 0.1) is 5.70 Å². The van der Waals surface area contributed by atoms with Crippen LogP contribution in [0.4, 0.5) is 0 Å². The molecule has 0 aromatic heterocycles. The number of allylic oxidation sites excluding steroid dienone is 1. The first-order valence-corrected chi connectivity index (χ1v) is 9.50. The molecule has 1 amide bonds. The second-order valence-corrected chi connectivity index (χ2v) is 6.62. The van der Waals surface area contributed by atoms with Gasteiger partial charge in [0, 0.05) is 30.9 Å². The van der Waals surface area contributed by atoms with E-state index in [-0.39, 0.29) is 5.91 Å². The summed E-state index contributed by atoms with van der Waals surface area (Å²) in [6.07, 6.45) is 0. The predicted molar refractivity (Wildman–Crippen MR) is 120 cm³/mol. The molecular weight excluding hydrogens is 358 g/mol. The highest BCUT2D eigenvalue weighted by molar-refractivity contribution is 6.04. The fraction of sp³-hybridized carbons (Fsp3) is 0.120. The number of carbonyl (C=O) groups excluding carboxylic acids is 1. The quantitative estimate of drug-likeness (QED) is 0.507. The minimum atomic E-state index is -0.0620. The van der Waals surface area contributed by atoms with E-state index < -0.39 is 0 Å². The van der Waals surface area contributed by atoms with Crippen LogP contribution in [0.25, 0.3) is 5.70 Å². The molecule has 146 valence electrons. The van der Waals surface area contributed by atoms with Gasteiger partial charge in [-0.15, -0.1) is 0 Å². The smallest absolute Gasteiger partial charge is 0.257 e. The van der Waals surface area contributed by atoms with Crippen LogP contribution in [-0.2, 0) is 0 Å². The Labute approximate surface area is 172 Å². The molecule has 0 saturated carbocycles. The number of aliphatic imine (C=N–C) groups is 1. The lowest BCUT2D eigenvalue weighted by Crippen LogP contribution is -2.31. The zero-order chi connectivity index (χ0) is 20.6.